The molecule has 1 aliphatic rings. The van der Waals surface area contributed by atoms with Gasteiger partial charge in [0.05, 0.1) is 4.47 Å². The number of hydrogen-bond donors (Lipinski definition) is 1. The second-order valence-corrected chi connectivity index (χ2v) is 5.43. The van der Waals surface area contributed by atoms with Gasteiger partial charge in [0.15, 0.2) is 5.65 Å². The van der Waals surface area contributed by atoms with Gasteiger partial charge in [-0.1, -0.05) is 19.3 Å². The topological polar surface area (TPSA) is 42.2 Å². The lowest BCUT2D eigenvalue weighted by atomic mass is 9.83. The maximum atomic E-state index is 4.45. The van der Waals surface area contributed by atoms with E-state index in [-0.39, 0.29) is 0 Å². The number of fused-ring (bicyclic) bond motifs is 1. The normalized spacial score (nSPS) is 16.1. The third-order valence-electron chi connectivity index (χ3n) is 3.38. The summed E-state index contributed by atoms with van der Waals surface area (Å²) in [5, 5.41) is 7.68. The van der Waals surface area contributed by atoms with Crippen LogP contribution in [0, 0.1) is 5.92 Å². The van der Waals surface area contributed by atoms with Crippen molar-refractivity contribution in [3.63, 3.8) is 0 Å². The number of rotatable bonds is 4. The summed E-state index contributed by atoms with van der Waals surface area (Å²) in [7, 11) is 0. The summed E-state index contributed by atoms with van der Waals surface area (Å²) >= 11 is 3.47. The zero-order valence-corrected chi connectivity index (χ0v) is 11.2. The average molecular weight is 295 g/mol. The fraction of sp³-hybridized carbons (Fsp3) is 0.500. The monoisotopic (exact) mass is 294 g/mol. The molecule has 0 amide bonds. The molecule has 2 aromatic rings. The number of aromatic nitrogens is 3. The number of pyridine rings is 1. The minimum Gasteiger partial charge on any atom is -0.353 e. The number of anilines is 1. The highest BCUT2D eigenvalue weighted by Gasteiger charge is 2.16. The maximum Gasteiger partial charge on any atom is 0.243 e. The van der Waals surface area contributed by atoms with E-state index in [9.17, 15) is 0 Å². The first-order valence-electron chi connectivity index (χ1n) is 6.08. The molecule has 0 atom stereocenters. The molecule has 1 aliphatic carbocycles. The second kappa shape index (κ2) is 4.64. The van der Waals surface area contributed by atoms with E-state index >= 15 is 0 Å². The van der Waals surface area contributed by atoms with Crippen molar-refractivity contribution >= 4 is 27.5 Å². The molecule has 0 aliphatic heterocycles. The number of halogens is 1. The SMILES string of the molecule is Brc1cccn2nc(NCCC3CCC3)nc12. The van der Waals surface area contributed by atoms with Crippen LogP contribution in [0.5, 0.6) is 0 Å². The molecule has 0 bridgehead atoms. The molecule has 1 fully saturated rings. The van der Waals surface area contributed by atoms with Crippen LogP contribution < -0.4 is 5.32 Å². The van der Waals surface area contributed by atoms with Crippen molar-refractivity contribution in [3.05, 3.63) is 22.8 Å². The summed E-state index contributed by atoms with van der Waals surface area (Å²) < 4.78 is 2.76. The quantitative estimate of drug-likeness (QED) is 0.942. The molecule has 5 heteroatoms. The summed E-state index contributed by atoms with van der Waals surface area (Å²) in [6.45, 7) is 0.971. The summed E-state index contributed by atoms with van der Waals surface area (Å²) in [4.78, 5) is 4.45. The highest BCUT2D eigenvalue weighted by atomic mass is 79.9. The second-order valence-electron chi connectivity index (χ2n) is 4.57. The molecule has 4 nitrogen and oxygen atoms in total. The van der Waals surface area contributed by atoms with Gasteiger partial charge in [0.2, 0.25) is 5.95 Å². The van der Waals surface area contributed by atoms with Crippen LogP contribution in [0.25, 0.3) is 5.65 Å². The summed E-state index contributed by atoms with van der Waals surface area (Å²) in [6, 6.07) is 3.92. The molecular formula is C12H15BrN4. The molecule has 0 unspecified atom stereocenters. The Bertz CT molecular complexity index is 518. The van der Waals surface area contributed by atoms with Gasteiger partial charge in [0, 0.05) is 12.7 Å². The lowest BCUT2D eigenvalue weighted by molar-refractivity contribution is 0.303. The van der Waals surface area contributed by atoms with Gasteiger partial charge in [-0.2, -0.15) is 4.98 Å². The zero-order valence-electron chi connectivity index (χ0n) is 9.56. The van der Waals surface area contributed by atoms with Crippen LogP contribution in [0.2, 0.25) is 0 Å². The predicted octanol–water partition coefficient (Wildman–Crippen LogP) is 3.09. The average Bonchev–Trinajstić information content (AvgIpc) is 2.66. The summed E-state index contributed by atoms with van der Waals surface area (Å²) in [6.07, 6.45) is 7.34. The summed E-state index contributed by atoms with van der Waals surface area (Å²) in [5.74, 6) is 1.64. The third-order valence-corrected chi connectivity index (χ3v) is 3.99. The fourth-order valence-electron chi connectivity index (χ4n) is 2.12. The van der Waals surface area contributed by atoms with Crippen LogP contribution in [-0.4, -0.2) is 21.1 Å². The molecule has 90 valence electrons. The Morgan fingerprint density at radius 2 is 2.35 bits per heavy atom. The number of hydrogen-bond acceptors (Lipinski definition) is 3. The van der Waals surface area contributed by atoms with Crippen molar-refractivity contribution in [2.24, 2.45) is 5.92 Å². The fourth-order valence-corrected chi connectivity index (χ4v) is 2.54. The Labute approximate surface area is 109 Å². The molecule has 2 heterocycles. The highest BCUT2D eigenvalue weighted by Crippen LogP contribution is 2.29. The molecule has 1 saturated carbocycles. The van der Waals surface area contributed by atoms with Gasteiger partial charge in [-0.3, -0.25) is 0 Å². The molecule has 0 saturated heterocycles. The standard InChI is InChI=1S/C12H15BrN4/c13-10-5-2-8-17-11(10)15-12(16-17)14-7-6-9-3-1-4-9/h2,5,8-9H,1,3-4,6-7H2,(H,14,16). The van der Waals surface area contributed by atoms with Crippen molar-refractivity contribution < 1.29 is 0 Å². The Balaban J connectivity index is 1.66. The smallest absolute Gasteiger partial charge is 0.243 e. The van der Waals surface area contributed by atoms with Gasteiger partial charge in [-0.15, -0.1) is 5.10 Å². The van der Waals surface area contributed by atoms with Crippen LogP contribution in [0.15, 0.2) is 22.8 Å². The zero-order chi connectivity index (χ0) is 11.7. The van der Waals surface area contributed by atoms with Crippen LogP contribution in [0.3, 0.4) is 0 Å². The molecule has 0 radical (unpaired) electrons. The van der Waals surface area contributed by atoms with Gasteiger partial charge in [0.25, 0.3) is 0 Å². The largest absolute Gasteiger partial charge is 0.353 e. The molecule has 1 N–H and O–H groups in total. The van der Waals surface area contributed by atoms with Gasteiger partial charge in [-0.25, -0.2) is 4.52 Å². The Hall–Kier alpha value is -1.10. The number of nitrogens with zero attached hydrogens (tertiary/aromatic N) is 3. The van der Waals surface area contributed by atoms with Crippen molar-refractivity contribution in [2.75, 3.05) is 11.9 Å². The van der Waals surface area contributed by atoms with Crippen molar-refractivity contribution in [3.8, 4) is 0 Å². The van der Waals surface area contributed by atoms with Crippen LogP contribution >= 0.6 is 15.9 Å². The van der Waals surface area contributed by atoms with E-state index in [1.165, 1.54) is 25.7 Å². The van der Waals surface area contributed by atoms with E-state index in [0.29, 0.717) is 0 Å². The Morgan fingerprint density at radius 1 is 1.47 bits per heavy atom. The van der Waals surface area contributed by atoms with Gasteiger partial charge >= 0.3 is 0 Å². The Kier molecular flexibility index (Phi) is 3.01. The van der Waals surface area contributed by atoms with E-state index < -0.39 is 0 Å². The molecule has 17 heavy (non-hydrogen) atoms. The minimum atomic E-state index is 0.719. The lowest BCUT2D eigenvalue weighted by Crippen LogP contribution is -2.15. The first-order valence-corrected chi connectivity index (χ1v) is 6.87. The van der Waals surface area contributed by atoms with Crippen molar-refractivity contribution in [1.82, 2.24) is 14.6 Å². The Morgan fingerprint density at radius 3 is 3.06 bits per heavy atom. The summed E-state index contributed by atoms with van der Waals surface area (Å²) in [5.41, 5.74) is 0.860. The van der Waals surface area contributed by atoms with Crippen LogP contribution in [0.4, 0.5) is 5.95 Å². The van der Waals surface area contributed by atoms with Gasteiger partial charge < -0.3 is 5.32 Å². The van der Waals surface area contributed by atoms with Crippen molar-refractivity contribution in [2.45, 2.75) is 25.7 Å². The van der Waals surface area contributed by atoms with Gasteiger partial charge in [0.1, 0.15) is 0 Å². The van der Waals surface area contributed by atoms with Crippen LogP contribution in [0.1, 0.15) is 25.7 Å². The van der Waals surface area contributed by atoms with Crippen LogP contribution in [-0.2, 0) is 0 Å². The highest BCUT2D eigenvalue weighted by molar-refractivity contribution is 9.10. The van der Waals surface area contributed by atoms with Crippen molar-refractivity contribution in [1.29, 1.82) is 0 Å². The third kappa shape index (κ3) is 2.29. The molecule has 0 aromatic carbocycles. The predicted molar refractivity (Wildman–Crippen MR) is 71.1 cm³/mol. The molecule has 0 spiro atoms. The van der Waals surface area contributed by atoms with Gasteiger partial charge in [-0.05, 0) is 40.4 Å². The molecular weight excluding hydrogens is 280 g/mol. The van der Waals surface area contributed by atoms with E-state index in [0.717, 1.165) is 28.5 Å². The number of nitrogens with one attached hydrogen (secondary N) is 1. The first kappa shape index (κ1) is 11.0. The first-order chi connectivity index (χ1) is 8.33. The van der Waals surface area contributed by atoms with E-state index in [1.54, 1.807) is 4.52 Å². The van der Waals surface area contributed by atoms with E-state index in [4.69, 9.17) is 0 Å². The van der Waals surface area contributed by atoms with E-state index in [2.05, 4.69) is 31.3 Å². The molecule has 3 rings (SSSR count). The maximum absolute atomic E-state index is 4.45. The minimum absolute atomic E-state index is 0.719. The lowest BCUT2D eigenvalue weighted by Gasteiger charge is -2.24. The van der Waals surface area contributed by atoms with E-state index in [1.807, 2.05) is 18.3 Å². The molecule has 2 aromatic heterocycles.